The van der Waals surface area contributed by atoms with Crippen LogP contribution in [-0.4, -0.2) is 64.0 Å². The summed E-state index contributed by atoms with van der Waals surface area (Å²) in [6.45, 7) is 12.3. The first-order valence-corrected chi connectivity index (χ1v) is 11.1. The molecule has 2 N–H and O–H groups in total. The van der Waals surface area contributed by atoms with E-state index in [4.69, 9.17) is 14.5 Å². The van der Waals surface area contributed by atoms with Crippen LogP contribution in [-0.2, 0) is 22.6 Å². The number of guanidine groups is 1. The number of likely N-dealkylation sites (tertiary alicyclic amines) is 1. The second-order valence-electron chi connectivity index (χ2n) is 7.86. The molecular formula is C23H40N4O2. The molecule has 6 heteroatoms. The van der Waals surface area contributed by atoms with E-state index in [-0.39, 0.29) is 0 Å². The highest BCUT2D eigenvalue weighted by molar-refractivity contribution is 5.79. The highest BCUT2D eigenvalue weighted by Gasteiger charge is 2.15. The number of nitrogens with zero attached hydrogens (tertiary/aromatic N) is 2. The summed E-state index contributed by atoms with van der Waals surface area (Å²) in [5.74, 6) is 1.74. The number of ether oxygens (including phenoxy) is 2. The lowest BCUT2D eigenvalue weighted by atomic mass is 9.98. The Morgan fingerprint density at radius 2 is 1.93 bits per heavy atom. The molecule has 29 heavy (non-hydrogen) atoms. The minimum absolute atomic E-state index is 0.646. The van der Waals surface area contributed by atoms with Crippen molar-refractivity contribution in [3.05, 3.63) is 35.4 Å². The van der Waals surface area contributed by atoms with Gasteiger partial charge in [-0.2, -0.15) is 0 Å². The quantitative estimate of drug-likeness (QED) is 0.319. The third kappa shape index (κ3) is 10.1. The maximum atomic E-state index is 5.50. The Labute approximate surface area is 177 Å². The third-order valence-corrected chi connectivity index (χ3v) is 5.23. The molecule has 0 saturated carbocycles. The van der Waals surface area contributed by atoms with Gasteiger partial charge in [-0.15, -0.1) is 0 Å². The van der Waals surface area contributed by atoms with Gasteiger partial charge >= 0.3 is 0 Å². The SMILES string of the molecule is CCNC(=NCc1cccc(CN2CCC(C)CC2)c1)NCCCOCCOC. The predicted molar refractivity (Wildman–Crippen MR) is 120 cm³/mol. The molecule has 1 saturated heterocycles. The smallest absolute Gasteiger partial charge is 0.191 e. The molecule has 0 unspecified atom stereocenters. The molecule has 1 fully saturated rings. The van der Waals surface area contributed by atoms with Gasteiger partial charge in [-0.05, 0) is 56.3 Å². The van der Waals surface area contributed by atoms with Gasteiger partial charge in [0.15, 0.2) is 5.96 Å². The van der Waals surface area contributed by atoms with Crippen LogP contribution in [0.25, 0.3) is 0 Å². The van der Waals surface area contributed by atoms with Crippen LogP contribution in [0, 0.1) is 5.92 Å². The van der Waals surface area contributed by atoms with E-state index in [1.165, 1.54) is 37.1 Å². The molecule has 0 spiro atoms. The van der Waals surface area contributed by atoms with Crippen LogP contribution in [0.4, 0.5) is 0 Å². The minimum Gasteiger partial charge on any atom is -0.382 e. The molecular weight excluding hydrogens is 364 g/mol. The average molecular weight is 405 g/mol. The van der Waals surface area contributed by atoms with E-state index in [2.05, 4.69) is 53.6 Å². The van der Waals surface area contributed by atoms with Crippen molar-refractivity contribution in [3.63, 3.8) is 0 Å². The topological polar surface area (TPSA) is 58.1 Å². The second kappa shape index (κ2) is 14.4. The van der Waals surface area contributed by atoms with Crippen molar-refractivity contribution in [2.45, 2.75) is 46.2 Å². The number of piperidine rings is 1. The highest BCUT2D eigenvalue weighted by atomic mass is 16.5. The van der Waals surface area contributed by atoms with Crippen molar-refractivity contribution in [2.24, 2.45) is 10.9 Å². The highest BCUT2D eigenvalue weighted by Crippen LogP contribution is 2.18. The van der Waals surface area contributed by atoms with E-state index < -0.39 is 0 Å². The molecule has 2 rings (SSSR count). The summed E-state index contributed by atoms with van der Waals surface area (Å²) < 4.78 is 10.5. The summed E-state index contributed by atoms with van der Waals surface area (Å²) in [7, 11) is 1.69. The first-order chi connectivity index (χ1) is 14.2. The minimum atomic E-state index is 0.646. The normalized spacial score (nSPS) is 16.2. The molecule has 1 aliphatic rings. The number of benzene rings is 1. The molecule has 1 aromatic carbocycles. The summed E-state index contributed by atoms with van der Waals surface area (Å²) in [5, 5.41) is 6.70. The maximum absolute atomic E-state index is 5.50. The molecule has 0 amide bonds. The average Bonchev–Trinajstić information content (AvgIpc) is 2.73. The standard InChI is InChI=1S/C23H40N4O2/c1-4-24-23(25-11-6-14-29-16-15-28-3)26-18-21-7-5-8-22(17-21)19-27-12-9-20(2)10-13-27/h5,7-8,17,20H,4,6,9-16,18-19H2,1-3H3,(H2,24,25,26). The first kappa shape index (κ1) is 23.6. The summed E-state index contributed by atoms with van der Waals surface area (Å²) in [4.78, 5) is 7.32. The maximum Gasteiger partial charge on any atom is 0.191 e. The van der Waals surface area contributed by atoms with Gasteiger partial charge in [-0.3, -0.25) is 4.90 Å². The summed E-state index contributed by atoms with van der Waals surface area (Å²) in [5.41, 5.74) is 2.64. The van der Waals surface area contributed by atoms with Gasteiger partial charge in [0.25, 0.3) is 0 Å². The largest absolute Gasteiger partial charge is 0.382 e. The van der Waals surface area contributed by atoms with E-state index in [1.807, 2.05) is 0 Å². The van der Waals surface area contributed by atoms with Crippen LogP contribution in [0.15, 0.2) is 29.3 Å². The van der Waals surface area contributed by atoms with E-state index in [1.54, 1.807) is 7.11 Å². The lowest BCUT2D eigenvalue weighted by Crippen LogP contribution is -2.38. The fourth-order valence-electron chi connectivity index (χ4n) is 3.44. The van der Waals surface area contributed by atoms with Crippen molar-refractivity contribution in [2.75, 3.05) is 53.1 Å². The van der Waals surface area contributed by atoms with E-state index >= 15 is 0 Å². The van der Waals surface area contributed by atoms with Crippen LogP contribution in [0.1, 0.15) is 44.2 Å². The zero-order chi connectivity index (χ0) is 20.7. The van der Waals surface area contributed by atoms with Crippen LogP contribution in [0.3, 0.4) is 0 Å². The van der Waals surface area contributed by atoms with Gasteiger partial charge in [0.05, 0.1) is 19.8 Å². The van der Waals surface area contributed by atoms with Crippen LogP contribution in [0.2, 0.25) is 0 Å². The fourth-order valence-corrected chi connectivity index (χ4v) is 3.44. The molecule has 0 atom stereocenters. The number of nitrogens with one attached hydrogen (secondary N) is 2. The molecule has 164 valence electrons. The van der Waals surface area contributed by atoms with E-state index in [0.717, 1.165) is 44.5 Å². The van der Waals surface area contributed by atoms with Crippen molar-refractivity contribution in [1.82, 2.24) is 15.5 Å². The molecule has 0 aliphatic carbocycles. The Morgan fingerprint density at radius 1 is 1.14 bits per heavy atom. The van der Waals surface area contributed by atoms with Crippen LogP contribution < -0.4 is 10.6 Å². The number of methoxy groups -OCH3 is 1. The fraction of sp³-hybridized carbons (Fsp3) is 0.696. The zero-order valence-electron chi connectivity index (χ0n) is 18.6. The Hall–Kier alpha value is -1.63. The van der Waals surface area contributed by atoms with Gasteiger partial charge in [0.2, 0.25) is 0 Å². The molecule has 0 aromatic heterocycles. The van der Waals surface area contributed by atoms with Crippen molar-refractivity contribution < 1.29 is 9.47 Å². The number of hydrogen-bond donors (Lipinski definition) is 2. The third-order valence-electron chi connectivity index (χ3n) is 5.23. The summed E-state index contributed by atoms with van der Waals surface area (Å²) >= 11 is 0. The van der Waals surface area contributed by atoms with Gasteiger partial charge in [0.1, 0.15) is 0 Å². The van der Waals surface area contributed by atoms with Crippen LogP contribution in [0.5, 0.6) is 0 Å². The Kier molecular flexibility index (Phi) is 11.7. The Bertz CT molecular complexity index is 586. The Morgan fingerprint density at radius 3 is 2.69 bits per heavy atom. The van der Waals surface area contributed by atoms with E-state index in [9.17, 15) is 0 Å². The van der Waals surface area contributed by atoms with Gasteiger partial charge in [-0.1, -0.05) is 31.2 Å². The molecule has 1 aromatic rings. The Balaban J connectivity index is 1.77. The number of rotatable bonds is 12. The first-order valence-electron chi connectivity index (χ1n) is 11.1. The van der Waals surface area contributed by atoms with E-state index in [0.29, 0.717) is 19.8 Å². The van der Waals surface area contributed by atoms with Crippen LogP contribution >= 0.6 is 0 Å². The molecule has 0 bridgehead atoms. The molecule has 1 heterocycles. The molecule has 0 radical (unpaired) electrons. The summed E-state index contributed by atoms with van der Waals surface area (Å²) in [6, 6.07) is 8.86. The number of hydrogen-bond acceptors (Lipinski definition) is 4. The van der Waals surface area contributed by atoms with Crippen molar-refractivity contribution in [1.29, 1.82) is 0 Å². The monoisotopic (exact) mass is 404 g/mol. The predicted octanol–water partition coefficient (Wildman–Crippen LogP) is 3.03. The summed E-state index contributed by atoms with van der Waals surface area (Å²) in [6.07, 6.45) is 3.58. The van der Waals surface area contributed by atoms with Gasteiger partial charge in [0, 0.05) is 33.4 Å². The zero-order valence-corrected chi connectivity index (χ0v) is 18.6. The van der Waals surface area contributed by atoms with Crippen molar-refractivity contribution in [3.8, 4) is 0 Å². The lowest BCUT2D eigenvalue weighted by Gasteiger charge is -2.30. The molecule has 1 aliphatic heterocycles. The molecule has 6 nitrogen and oxygen atoms in total. The van der Waals surface area contributed by atoms with Crippen molar-refractivity contribution >= 4 is 5.96 Å². The van der Waals surface area contributed by atoms with Gasteiger partial charge in [-0.25, -0.2) is 4.99 Å². The number of aliphatic imine (C=N–C) groups is 1. The van der Waals surface area contributed by atoms with Gasteiger partial charge < -0.3 is 20.1 Å². The lowest BCUT2D eigenvalue weighted by molar-refractivity contribution is 0.0698. The second-order valence-corrected chi connectivity index (χ2v) is 7.86.